The van der Waals surface area contributed by atoms with Crippen LogP contribution in [0.4, 0.5) is 5.69 Å². The van der Waals surface area contributed by atoms with Crippen molar-refractivity contribution in [3.8, 4) is 22.6 Å². The van der Waals surface area contributed by atoms with Crippen LogP contribution in [0.15, 0.2) is 66.7 Å². The van der Waals surface area contributed by atoms with Crippen LogP contribution in [0.5, 0.6) is 11.5 Å². The normalized spacial score (nSPS) is 14.6. The predicted molar refractivity (Wildman–Crippen MR) is 129 cm³/mol. The summed E-state index contributed by atoms with van der Waals surface area (Å²) in [6.07, 6.45) is 1.85. The summed E-state index contributed by atoms with van der Waals surface area (Å²) >= 11 is 5.75. The van der Waals surface area contributed by atoms with Crippen molar-refractivity contribution in [2.75, 3.05) is 25.5 Å². The van der Waals surface area contributed by atoms with Gasteiger partial charge < -0.3 is 20.1 Å². The molecule has 7 heteroatoms. The van der Waals surface area contributed by atoms with Crippen LogP contribution >= 0.6 is 11.6 Å². The van der Waals surface area contributed by atoms with Crippen molar-refractivity contribution in [3.05, 3.63) is 77.9 Å². The minimum absolute atomic E-state index is 0.0542. The molecule has 0 spiro atoms. The zero-order chi connectivity index (χ0) is 23.4. The number of phenols is 1. The SMILES string of the molecule is CN1CCC(Oc2ccc(O)c(C(=O)Nc3cc(-c4ccccc4)ccc3C(=O)Cl)c2)CC1. The van der Waals surface area contributed by atoms with Crippen LogP contribution in [0.2, 0.25) is 0 Å². The number of carbonyl (C=O) groups is 2. The van der Waals surface area contributed by atoms with Gasteiger partial charge in [0.25, 0.3) is 11.1 Å². The molecule has 3 aromatic carbocycles. The molecule has 6 nitrogen and oxygen atoms in total. The summed E-state index contributed by atoms with van der Waals surface area (Å²) in [7, 11) is 2.08. The first-order chi connectivity index (χ1) is 15.9. The van der Waals surface area contributed by atoms with Gasteiger partial charge in [-0.3, -0.25) is 9.59 Å². The number of phenolic OH excluding ortho intramolecular Hbond substituents is 1. The summed E-state index contributed by atoms with van der Waals surface area (Å²) in [6.45, 7) is 1.89. The van der Waals surface area contributed by atoms with Gasteiger partial charge in [0.2, 0.25) is 0 Å². The second-order valence-electron chi connectivity index (χ2n) is 8.15. The predicted octanol–water partition coefficient (Wildman–Crippen LogP) is 5.16. The van der Waals surface area contributed by atoms with E-state index >= 15 is 0 Å². The van der Waals surface area contributed by atoms with Crippen molar-refractivity contribution in [1.82, 2.24) is 4.90 Å². The van der Waals surface area contributed by atoms with Crippen LogP contribution in [0, 0.1) is 0 Å². The first kappa shape index (κ1) is 22.8. The standard InChI is InChI=1S/C26H25ClN2O4/c1-29-13-11-19(12-14-29)33-20-8-10-24(30)22(16-20)26(32)28-23-15-18(7-9-21(23)25(27)31)17-5-3-2-4-6-17/h2-10,15-16,19,30H,11-14H2,1H3,(H,28,32). The molecule has 1 saturated heterocycles. The van der Waals surface area contributed by atoms with E-state index in [-0.39, 0.29) is 28.7 Å². The number of likely N-dealkylation sites (tertiary alicyclic amines) is 1. The Kier molecular flexibility index (Phi) is 6.96. The Bertz CT molecular complexity index is 1160. The fraction of sp³-hybridized carbons (Fsp3) is 0.231. The van der Waals surface area contributed by atoms with Crippen molar-refractivity contribution in [1.29, 1.82) is 0 Å². The fourth-order valence-corrected chi connectivity index (χ4v) is 4.05. The highest BCUT2D eigenvalue weighted by Crippen LogP contribution is 2.30. The molecule has 1 heterocycles. The number of anilines is 1. The number of nitrogens with one attached hydrogen (secondary N) is 1. The van der Waals surface area contributed by atoms with Crippen LogP contribution in [0.25, 0.3) is 11.1 Å². The lowest BCUT2D eigenvalue weighted by molar-refractivity contribution is 0.101. The Hall–Kier alpha value is -3.35. The van der Waals surface area contributed by atoms with Crippen molar-refractivity contribution in [2.45, 2.75) is 18.9 Å². The summed E-state index contributed by atoms with van der Waals surface area (Å²) in [5.74, 6) is -0.230. The number of amides is 1. The summed E-state index contributed by atoms with van der Waals surface area (Å²) in [6, 6.07) is 19.2. The Morgan fingerprint density at radius 3 is 2.39 bits per heavy atom. The quantitative estimate of drug-likeness (QED) is 0.492. The molecule has 1 amide bonds. The van der Waals surface area contributed by atoms with Gasteiger partial charge in [-0.1, -0.05) is 36.4 Å². The van der Waals surface area contributed by atoms with E-state index in [1.54, 1.807) is 24.3 Å². The van der Waals surface area contributed by atoms with Crippen LogP contribution in [-0.2, 0) is 0 Å². The third kappa shape index (κ3) is 5.53. The molecule has 1 fully saturated rings. The number of halogens is 1. The molecule has 0 saturated carbocycles. The number of nitrogens with zero attached hydrogens (tertiary/aromatic N) is 1. The molecule has 2 N–H and O–H groups in total. The maximum absolute atomic E-state index is 13.1. The fourth-order valence-electron chi connectivity index (χ4n) is 3.88. The number of rotatable bonds is 6. The monoisotopic (exact) mass is 464 g/mol. The zero-order valence-electron chi connectivity index (χ0n) is 18.3. The van der Waals surface area contributed by atoms with Gasteiger partial charge >= 0.3 is 0 Å². The number of hydrogen-bond acceptors (Lipinski definition) is 5. The maximum Gasteiger partial charge on any atom is 0.259 e. The van der Waals surface area contributed by atoms with Crippen LogP contribution < -0.4 is 10.1 Å². The Balaban J connectivity index is 1.58. The molecular weight excluding hydrogens is 440 g/mol. The van der Waals surface area contributed by atoms with Gasteiger partial charge in [0, 0.05) is 13.1 Å². The van der Waals surface area contributed by atoms with Crippen LogP contribution in [0.3, 0.4) is 0 Å². The van der Waals surface area contributed by atoms with E-state index < -0.39 is 11.1 Å². The van der Waals surface area contributed by atoms with Gasteiger partial charge in [0.15, 0.2) is 0 Å². The first-order valence-corrected chi connectivity index (χ1v) is 11.2. The molecule has 0 bridgehead atoms. The molecule has 3 aromatic rings. The molecule has 4 rings (SSSR count). The molecule has 0 radical (unpaired) electrons. The van der Waals surface area contributed by atoms with E-state index in [2.05, 4.69) is 17.3 Å². The van der Waals surface area contributed by atoms with Gasteiger partial charge in [-0.25, -0.2) is 0 Å². The molecule has 0 aliphatic carbocycles. The van der Waals surface area contributed by atoms with Gasteiger partial charge in [-0.05, 0) is 72.9 Å². The highest BCUT2D eigenvalue weighted by molar-refractivity contribution is 6.68. The van der Waals surface area contributed by atoms with Crippen molar-refractivity contribution < 1.29 is 19.4 Å². The highest BCUT2D eigenvalue weighted by atomic mass is 35.5. The van der Waals surface area contributed by atoms with Crippen LogP contribution in [0.1, 0.15) is 33.6 Å². The molecular formula is C26H25ClN2O4. The van der Waals surface area contributed by atoms with Gasteiger partial charge in [0.1, 0.15) is 17.6 Å². The smallest absolute Gasteiger partial charge is 0.259 e. The van der Waals surface area contributed by atoms with Crippen molar-refractivity contribution in [3.63, 3.8) is 0 Å². The minimum Gasteiger partial charge on any atom is -0.507 e. The molecule has 0 unspecified atom stereocenters. The van der Waals surface area contributed by atoms with E-state index in [4.69, 9.17) is 16.3 Å². The number of benzene rings is 3. The number of aromatic hydroxyl groups is 1. The first-order valence-electron chi connectivity index (χ1n) is 10.8. The maximum atomic E-state index is 13.1. The largest absolute Gasteiger partial charge is 0.507 e. The van der Waals surface area contributed by atoms with Gasteiger partial charge in [-0.2, -0.15) is 0 Å². The lowest BCUT2D eigenvalue weighted by Crippen LogP contribution is -2.35. The Labute approximate surface area is 197 Å². The molecule has 1 aliphatic rings. The summed E-state index contributed by atoms with van der Waals surface area (Å²) in [5.41, 5.74) is 2.23. The third-order valence-corrected chi connectivity index (χ3v) is 5.97. The minimum atomic E-state index is -0.687. The second-order valence-corrected chi connectivity index (χ2v) is 8.50. The van der Waals surface area contributed by atoms with E-state index in [0.29, 0.717) is 5.75 Å². The topological polar surface area (TPSA) is 78.9 Å². The van der Waals surface area contributed by atoms with E-state index in [0.717, 1.165) is 37.1 Å². The second kappa shape index (κ2) is 10.1. The van der Waals surface area contributed by atoms with Gasteiger partial charge in [-0.15, -0.1) is 0 Å². The molecule has 1 aliphatic heterocycles. The highest BCUT2D eigenvalue weighted by Gasteiger charge is 2.21. The third-order valence-electron chi connectivity index (χ3n) is 5.77. The average Bonchev–Trinajstić information content (AvgIpc) is 2.82. The number of hydrogen-bond donors (Lipinski definition) is 2. The number of piperidine rings is 1. The lowest BCUT2D eigenvalue weighted by Gasteiger charge is -2.29. The average molecular weight is 465 g/mol. The molecule has 170 valence electrons. The number of ether oxygens (including phenoxy) is 1. The molecule has 33 heavy (non-hydrogen) atoms. The van der Waals surface area contributed by atoms with E-state index in [1.165, 1.54) is 12.1 Å². The summed E-state index contributed by atoms with van der Waals surface area (Å²) in [5, 5.41) is 12.4. The summed E-state index contributed by atoms with van der Waals surface area (Å²) in [4.78, 5) is 27.2. The Morgan fingerprint density at radius 2 is 1.70 bits per heavy atom. The summed E-state index contributed by atoms with van der Waals surface area (Å²) < 4.78 is 6.05. The number of carbonyl (C=O) groups excluding carboxylic acids is 2. The zero-order valence-corrected chi connectivity index (χ0v) is 19.0. The lowest BCUT2D eigenvalue weighted by atomic mass is 10.0. The van der Waals surface area contributed by atoms with Crippen LogP contribution in [-0.4, -0.2) is 47.4 Å². The Morgan fingerprint density at radius 1 is 0.970 bits per heavy atom. The van der Waals surface area contributed by atoms with E-state index in [9.17, 15) is 14.7 Å². The van der Waals surface area contributed by atoms with Crippen molar-refractivity contribution >= 4 is 28.4 Å². The van der Waals surface area contributed by atoms with Gasteiger partial charge in [0.05, 0.1) is 16.8 Å². The molecule has 0 aromatic heterocycles. The van der Waals surface area contributed by atoms with Crippen molar-refractivity contribution in [2.24, 2.45) is 0 Å². The van der Waals surface area contributed by atoms with E-state index in [1.807, 2.05) is 30.3 Å². The molecule has 0 atom stereocenters.